The zero-order chi connectivity index (χ0) is 38.7. The van der Waals surface area contributed by atoms with E-state index in [4.69, 9.17) is 30.9 Å². The molecule has 2 heterocycles. The number of rotatable bonds is 13. The van der Waals surface area contributed by atoms with Crippen molar-refractivity contribution in [3.63, 3.8) is 0 Å². The van der Waals surface area contributed by atoms with Crippen LogP contribution in [0.5, 0.6) is 17.4 Å². The normalized spacial score (nSPS) is 11.0. The molecule has 2 aromatic heterocycles. The number of aliphatic hydroxyl groups excluding tert-OH is 1. The number of allylic oxidation sites excluding steroid dienone is 3. The summed E-state index contributed by atoms with van der Waals surface area (Å²) in [4.78, 5) is 18.8. The predicted octanol–water partition coefficient (Wildman–Crippen LogP) is 10.2. The molecule has 8 nitrogen and oxygen atoms in total. The van der Waals surface area contributed by atoms with Crippen molar-refractivity contribution in [3.05, 3.63) is 172 Å². The van der Waals surface area contributed by atoms with Crippen molar-refractivity contribution in [1.29, 1.82) is 0 Å². The number of benzene rings is 4. The second-order valence-corrected chi connectivity index (χ2v) is 12.7. The molecule has 0 atom stereocenters. The van der Waals surface area contributed by atoms with E-state index >= 15 is 0 Å². The molecule has 280 valence electrons. The third kappa shape index (κ3) is 12.0. The second kappa shape index (κ2) is 21.8. The molecular formula is C43H43ClFN3O5S. The molecule has 0 spiro atoms. The molecule has 0 saturated heterocycles. The van der Waals surface area contributed by atoms with Gasteiger partial charge in [-0.3, -0.25) is 4.79 Å². The lowest BCUT2D eigenvalue weighted by molar-refractivity contribution is 0.289. The molecule has 0 unspecified atom stereocenters. The van der Waals surface area contributed by atoms with Gasteiger partial charge in [-0.05, 0) is 78.2 Å². The Morgan fingerprint density at radius 1 is 0.907 bits per heavy atom. The number of nitrogens with zero attached hydrogens (tertiary/aromatic N) is 3. The van der Waals surface area contributed by atoms with Gasteiger partial charge in [0.25, 0.3) is 5.56 Å². The van der Waals surface area contributed by atoms with Gasteiger partial charge in [-0.2, -0.15) is 5.10 Å². The summed E-state index contributed by atoms with van der Waals surface area (Å²) in [6, 6.07) is 31.5. The molecule has 0 amide bonds. The van der Waals surface area contributed by atoms with Gasteiger partial charge in [0.05, 0.1) is 38.6 Å². The van der Waals surface area contributed by atoms with Gasteiger partial charge in [-0.25, -0.2) is 14.1 Å². The molecule has 6 rings (SSSR count). The summed E-state index contributed by atoms with van der Waals surface area (Å²) in [5.41, 5.74) is 3.48. The number of fused-ring (bicyclic) bond motifs is 1. The van der Waals surface area contributed by atoms with Crippen molar-refractivity contribution in [2.75, 3.05) is 20.1 Å². The van der Waals surface area contributed by atoms with E-state index in [-0.39, 0.29) is 17.5 Å². The molecule has 6 aromatic rings. The maximum absolute atomic E-state index is 14.9. The highest BCUT2D eigenvalue weighted by Gasteiger charge is 2.14. The highest BCUT2D eigenvalue weighted by molar-refractivity contribution is 7.99. The van der Waals surface area contributed by atoms with Crippen LogP contribution >= 0.6 is 23.4 Å². The summed E-state index contributed by atoms with van der Waals surface area (Å²) < 4.78 is 32.4. The van der Waals surface area contributed by atoms with Crippen molar-refractivity contribution >= 4 is 34.1 Å². The zero-order valence-electron chi connectivity index (χ0n) is 30.6. The largest absolute Gasteiger partial charge is 0.516 e. The SMILES string of the molecule is CC.COc1ccc(C/C(=C\C=C/O)CCl)cc1.COc1ccc(COc2ncccc2Cn2ncc3cc(Sc4ccccc4)c(F)cc3c2=O)cc1. The molecule has 11 heteroatoms. The minimum Gasteiger partial charge on any atom is -0.516 e. The summed E-state index contributed by atoms with van der Waals surface area (Å²) in [5.74, 6) is 2.02. The van der Waals surface area contributed by atoms with E-state index in [2.05, 4.69) is 10.1 Å². The van der Waals surface area contributed by atoms with Crippen LogP contribution in [0.1, 0.15) is 30.5 Å². The van der Waals surface area contributed by atoms with Gasteiger partial charge >= 0.3 is 0 Å². The molecule has 1 N–H and O–H groups in total. The number of halogens is 2. The van der Waals surface area contributed by atoms with Gasteiger partial charge in [0.15, 0.2) is 0 Å². The fourth-order valence-electron chi connectivity index (χ4n) is 5.04. The fourth-order valence-corrected chi connectivity index (χ4v) is 6.11. The van der Waals surface area contributed by atoms with Gasteiger partial charge < -0.3 is 19.3 Å². The summed E-state index contributed by atoms with van der Waals surface area (Å²) in [6.07, 6.45) is 8.38. The molecule has 0 fully saturated rings. The van der Waals surface area contributed by atoms with Crippen LogP contribution in [0.25, 0.3) is 10.8 Å². The summed E-state index contributed by atoms with van der Waals surface area (Å²) in [6.45, 7) is 4.45. The minimum absolute atomic E-state index is 0.142. The predicted molar refractivity (Wildman–Crippen MR) is 216 cm³/mol. The first kappa shape index (κ1) is 41.2. The third-order valence-corrected chi connectivity index (χ3v) is 9.14. The van der Waals surface area contributed by atoms with E-state index in [1.165, 1.54) is 28.1 Å². The fraction of sp³-hybridized carbons (Fsp3) is 0.186. The van der Waals surface area contributed by atoms with Crippen LogP contribution in [0.4, 0.5) is 4.39 Å². The van der Waals surface area contributed by atoms with Crippen LogP contribution < -0.4 is 19.8 Å². The number of alkyl halides is 1. The molecule has 0 saturated carbocycles. The molecule has 0 aliphatic rings. The van der Waals surface area contributed by atoms with E-state index in [9.17, 15) is 9.18 Å². The number of pyridine rings is 1. The van der Waals surface area contributed by atoms with Crippen LogP contribution in [-0.4, -0.2) is 40.0 Å². The van der Waals surface area contributed by atoms with E-state index in [0.29, 0.717) is 34.2 Å². The van der Waals surface area contributed by atoms with Gasteiger partial charge in [0.2, 0.25) is 5.88 Å². The Bertz CT molecular complexity index is 2180. The van der Waals surface area contributed by atoms with E-state index in [1.54, 1.807) is 44.8 Å². The molecular weight excluding hydrogens is 725 g/mol. The Kier molecular flexibility index (Phi) is 16.6. The van der Waals surface area contributed by atoms with Crippen LogP contribution in [-0.2, 0) is 19.6 Å². The number of hydrogen-bond acceptors (Lipinski definition) is 8. The van der Waals surface area contributed by atoms with Gasteiger partial charge in [0.1, 0.15) is 23.9 Å². The quantitative estimate of drug-likeness (QED) is 0.0705. The maximum Gasteiger partial charge on any atom is 0.275 e. The lowest BCUT2D eigenvalue weighted by atomic mass is 10.1. The Morgan fingerprint density at radius 3 is 2.20 bits per heavy atom. The van der Waals surface area contributed by atoms with Crippen molar-refractivity contribution in [1.82, 2.24) is 14.8 Å². The average Bonchev–Trinajstić information content (AvgIpc) is 3.22. The first-order valence-corrected chi connectivity index (χ1v) is 18.6. The number of aromatic nitrogens is 3. The van der Waals surface area contributed by atoms with Crippen molar-refractivity contribution in [2.45, 2.75) is 43.2 Å². The van der Waals surface area contributed by atoms with E-state index in [0.717, 1.165) is 40.2 Å². The highest BCUT2D eigenvalue weighted by Crippen LogP contribution is 2.32. The first-order chi connectivity index (χ1) is 26.4. The Morgan fingerprint density at radius 2 is 1.57 bits per heavy atom. The minimum atomic E-state index is -0.448. The highest BCUT2D eigenvalue weighted by atomic mass is 35.5. The van der Waals surface area contributed by atoms with Gasteiger partial charge in [-0.15, -0.1) is 11.6 Å². The topological polar surface area (TPSA) is 95.7 Å². The molecule has 0 aliphatic heterocycles. The molecule has 0 aliphatic carbocycles. The van der Waals surface area contributed by atoms with E-state index < -0.39 is 5.82 Å². The number of ether oxygens (including phenoxy) is 3. The lowest BCUT2D eigenvalue weighted by Gasteiger charge is -2.12. The van der Waals surface area contributed by atoms with E-state index in [1.807, 2.05) is 105 Å². The standard InChI is InChI=1S/C28H22FN3O3S.C13H15ClO2.C2H6/c1-34-22-11-9-19(10-12-22)18-35-27-20(6-5-13-30-27)17-32-28(33)24-15-25(29)26(14-21(24)16-31-32)36-23-7-3-2-4-8-23;1-16-13-6-4-11(5-7-13)9-12(10-14)3-2-8-15;1-2/h2-16H,17-18H2,1H3;2-8,15H,9-10H2,1H3;1-2H3/b;8-2-,12-3+;. The Hall–Kier alpha value is -5.58. The number of aliphatic hydroxyl groups is 1. The van der Waals surface area contributed by atoms with Crippen LogP contribution in [0.15, 0.2) is 154 Å². The third-order valence-electron chi connectivity index (χ3n) is 7.76. The van der Waals surface area contributed by atoms with Crippen LogP contribution in [0, 0.1) is 5.82 Å². The van der Waals surface area contributed by atoms with Crippen molar-refractivity contribution < 1.29 is 23.7 Å². The molecule has 0 bridgehead atoms. The first-order valence-electron chi connectivity index (χ1n) is 17.2. The summed E-state index contributed by atoms with van der Waals surface area (Å²) in [5, 5.41) is 13.7. The van der Waals surface area contributed by atoms with Crippen molar-refractivity contribution in [3.8, 4) is 17.4 Å². The molecule has 0 radical (unpaired) electrons. The number of methoxy groups -OCH3 is 2. The summed E-state index contributed by atoms with van der Waals surface area (Å²) >= 11 is 7.11. The van der Waals surface area contributed by atoms with Crippen molar-refractivity contribution in [2.24, 2.45) is 0 Å². The zero-order valence-corrected chi connectivity index (χ0v) is 32.2. The molecule has 4 aromatic carbocycles. The Balaban J connectivity index is 0.000000304. The second-order valence-electron chi connectivity index (χ2n) is 11.3. The lowest BCUT2D eigenvalue weighted by Crippen LogP contribution is -2.24. The van der Waals surface area contributed by atoms with Gasteiger partial charge in [0, 0.05) is 32.8 Å². The van der Waals surface area contributed by atoms with Gasteiger partial charge in [-0.1, -0.05) is 85.8 Å². The number of hydrogen-bond donors (Lipinski definition) is 1. The average molecular weight is 768 g/mol. The maximum atomic E-state index is 14.9. The smallest absolute Gasteiger partial charge is 0.275 e. The molecule has 54 heavy (non-hydrogen) atoms. The summed E-state index contributed by atoms with van der Waals surface area (Å²) in [7, 11) is 3.26. The Labute approximate surface area is 324 Å². The van der Waals surface area contributed by atoms with Crippen LogP contribution in [0.2, 0.25) is 0 Å². The monoisotopic (exact) mass is 767 g/mol. The van der Waals surface area contributed by atoms with Crippen LogP contribution in [0.3, 0.4) is 0 Å².